The number of hydrogen-bond acceptors (Lipinski definition) is 8. The maximum atomic E-state index is 6.14. The third-order valence-corrected chi connectivity index (χ3v) is 4.94. The number of aromatic nitrogens is 1. The topological polar surface area (TPSA) is 137 Å². The predicted octanol–water partition coefficient (Wildman–Crippen LogP) is 2.79. The number of allylic oxidation sites excluding steroid dienone is 3. The summed E-state index contributed by atoms with van der Waals surface area (Å²) in [6, 6.07) is 3.79. The van der Waals surface area contributed by atoms with E-state index < -0.39 is 0 Å². The molecule has 0 fully saturated rings. The molecule has 1 aromatic rings. The largest absolute Gasteiger partial charge is 0.404 e. The SMILES string of the molecule is COCCN=CC(=CN)C1C=Nc2ccc(NC(N)=CC(=CN)C(C)C)nc2C1C. The van der Waals surface area contributed by atoms with Gasteiger partial charge in [-0.1, -0.05) is 20.8 Å². The molecule has 1 aromatic heterocycles. The van der Waals surface area contributed by atoms with Crippen molar-refractivity contribution in [2.24, 2.45) is 39.0 Å². The van der Waals surface area contributed by atoms with E-state index in [4.69, 9.17) is 26.9 Å². The van der Waals surface area contributed by atoms with E-state index in [0.29, 0.717) is 24.8 Å². The number of aliphatic imine (C=N–C) groups is 2. The number of nitrogens with one attached hydrogen (secondary N) is 1. The lowest BCUT2D eigenvalue weighted by molar-refractivity contribution is 0.208. The van der Waals surface area contributed by atoms with Crippen molar-refractivity contribution in [1.29, 1.82) is 0 Å². The Kier molecular flexibility index (Phi) is 8.61. The molecule has 1 aliphatic rings. The van der Waals surface area contributed by atoms with Crippen LogP contribution in [0.1, 0.15) is 32.4 Å². The molecule has 7 N–H and O–H groups in total. The number of pyridine rings is 1. The lowest BCUT2D eigenvalue weighted by Gasteiger charge is -2.26. The fraction of sp³-hybridized carbons (Fsp3) is 0.409. The lowest BCUT2D eigenvalue weighted by atomic mass is 9.84. The van der Waals surface area contributed by atoms with Gasteiger partial charge < -0.3 is 27.3 Å². The van der Waals surface area contributed by atoms with Crippen LogP contribution in [0.15, 0.2) is 57.6 Å². The minimum absolute atomic E-state index is 0.0165. The molecular weight excluding hydrogens is 378 g/mol. The fourth-order valence-electron chi connectivity index (χ4n) is 3.14. The number of rotatable bonds is 9. The lowest BCUT2D eigenvalue weighted by Crippen LogP contribution is -2.21. The Morgan fingerprint density at radius 1 is 1.30 bits per heavy atom. The fourth-order valence-corrected chi connectivity index (χ4v) is 3.14. The molecule has 0 spiro atoms. The van der Waals surface area contributed by atoms with Crippen LogP contribution in [0.3, 0.4) is 0 Å². The third kappa shape index (κ3) is 5.93. The van der Waals surface area contributed by atoms with Crippen LogP contribution in [0, 0.1) is 11.8 Å². The molecule has 8 heteroatoms. The van der Waals surface area contributed by atoms with Crippen molar-refractivity contribution in [3.8, 4) is 0 Å². The predicted molar refractivity (Wildman–Crippen MR) is 125 cm³/mol. The average molecular weight is 412 g/mol. The molecule has 0 radical (unpaired) electrons. The quantitative estimate of drug-likeness (QED) is 0.280. The normalized spacial score (nSPS) is 20.1. The van der Waals surface area contributed by atoms with Crippen LogP contribution < -0.4 is 22.5 Å². The minimum atomic E-state index is -0.0165. The van der Waals surface area contributed by atoms with Gasteiger partial charge in [-0.2, -0.15) is 0 Å². The zero-order valence-electron chi connectivity index (χ0n) is 18.2. The summed E-state index contributed by atoms with van der Waals surface area (Å²) in [6.07, 6.45) is 8.65. The smallest absolute Gasteiger partial charge is 0.131 e. The van der Waals surface area contributed by atoms with E-state index in [9.17, 15) is 0 Å². The van der Waals surface area contributed by atoms with Gasteiger partial charge in [0.15, 0.2) is 0 Å². The molecule has 0 saturated carbocycles. The number of nitrogens with two attached hydrogens (primary N) is 3. The summed E-state index contributed by atoms with van der Waals surface area (Å²) in [4.78, 5) is 13.7. The second-order valence-electron chi connectivity index (χ2n) is 7.43. The Bertz CT molecular complexity index is 868. The van der Waals surface area contributed by atoms with Crippen molar-refractivity contribution >= 4 is 23.9 Å². The first kappa shape index (κ1) is 23.2. The van der Waals surface area contributed by atoms with Crippen molar-refractivity contribution in [1.82, 2.24) is 4.98 Å². The summed E-state index contributed by atoms with van der Waals surface area (Å²) in [5.41, 5.74) is 21.2. The van der Waals surface area contributed by atoms with E-state index in [-0.39, 0.29) is 17.8 Å². The van der Waals surface area contributed by atoms with E-state index in [0.717, 1.165) is 22.5 Å². The number of anilines is 1. The second kappa shape index (κ2) is 11.2. The first-order chi connectivity index (χ1) is 14.4. The summed E-state index contributed by atoms with van der Waals surface area (Å²) >= 11 is 0. The third-order valence-electron chi connectivity index (χ3n) is 4.94. The summed E-state index contributed by atoms with van der Waals surface area (Å²) in [7, 11) is 1.65. The van der Waals surface area contributed by atoms with Crippen LogP contribution in [0.2, 0.25) is 0 Å². The van der Waals surface area contributed by atoms with Gasteiger partial charge in [-0.15, -0.1) is 0 Å². The van der Waals surface area contributed by atoms with E-state index in [1.54, 1.807) is 25.7 Å². The summed E-state index contributed by atoms with van der Waals surface area (Å²) in [5, 5.41) is 3.14. The van der Waals surface area contributed by atoms with Crippen LogP contribution in [0.5, 0.6) is 0 Å². The van der Waals surface area contributed by atoms with Crippen LogP contribution >= 0.6 is 0 Å². The number of nitrogens with zero attached hydrogens (tertiary/aromatic N) is 3. The molecule has 0 saturated heterocycles. The average Bonchev–Trinajstić information content (AvgIpc) is 2.73. The van der Waals surface area contributed by atoms with Crippen LogP contribution in [0.25, 0.3) is 0 Å². The van der Waals surface area contributed by atoms with Crippen molar-refractivity contribution in [3.05, 3.63) is 53.3 Å². The van der Waals surface area contributed by atoms with Crippen molar-refractivity contribution in [3.63, 3.8) is 0 Å². The first-order valence-electron chi connectivity index (χ1n) is 10.0. The molecule has 0 aromatic carbocycles. The minimum Gasteiger partial charge on any atom is -0.404 e. The summed E-state index contributed by atoms with van der Waals surface area (Å²) in [6.45, 7) is 7.36. The zero-order chi connectivity index (χ0) is 22.1. The number of fused-ring (bicyclic) bond motifs is 1. The van der Waals surface area contributed by atoms with Gasteiger partial charge in [-0.3, -0.25) is 9.98 Å². The highest BCUT2D eigenvalue weighted by atomic mass is 16.5. The molecular formula is C22H33N7O. The molecule has 2 rings (SSSR count). The molecule has 2 atom stereocenters. The molecule has 8 nitrogen and oxygen atoms in total. The Balaban J connectivity index is 2.21. The molecule has 30 heavy (non-hydrogen) atoms. The van der Waals surface area contributed by atoms with Gasteiger partial charge in [0.1, 0.15) is 11.6 Å². The highest BCUT2D eigenvalue weighted by molar-refractivity contribution is 5.88. The maximum Gasteiger partial charge on any atom is 0.131 e. The molecule has 1 aliphatic heterocycles. The molecule has 2 unspecified atom stereocenters. The first-order valence-corrected chi connectivity index (χ1v) is 10.0. The highest BCUT2D eigenvalue weighted by Crippen LogP contribution is 2.37. The van der Waals surface area contributed by atoms with Crippen molar-refractivity contribution in [2.75, 3.05) is 25.6 Å². The zero-order valence-corrected chi connectivity index (χ0v) is 18.2. The molecule has 0 bridgehead atoms. The van der Waals surface area contributed by atoms with Gasteiger partial charge in [0.2, 0.25) is 0 Å². The van der Waals surface area contributed by atoms with Gasteiger partial charge in [0.05, 0.1) is 24.5 Å². The molecule has 0 aliphatic carbocycles. The van der Waals surface area contributed by atoms with Gasteiger partial charge >= 0.3 is 0 Å². The van der Waals surface area contributed by atoms with E-state index in [1.165, 1.54) is 0 Å². The Morgan fingerprint density at radius 3 is 2.70 bits per heavy atom. The van der Waals surface area contributed by atoms with Crippen molar-refractivity contribution in [2.45, 2.75) is 26.7 Å². The van der Waals surface area contributed by atoms with E-state index >= 15 is 0 Å². The summed E-state index contributed by atoms with van der Waals surface area (Å²) in [5.74, 6) is 1.45. The number of ether oxygens (including phenoxy) is 1. The van der Waals surface area contributed by atoms with E-state index in [1.807, 2.05) is 24.4 Å². The van der Waals surface area contributed by atoms with Crippen LogP contribution in [-0.2, 0) is 4.74 Å². The highest BCUT2D eigenvalue weighted by Gasteiger charge is 2.27. The standard InChI is InChI=1S/C22H33N7O/c1-14(2)16(10-23)9-20(25)28-21-6-5-19-22(29-21)15(3)18(13-27-19)17(11-24)12-26-7-8-30-4/h5-6,9-15,18H,7-8,23-25H2,1-4H3,(H,28,29). The van der Waals surface area contributed by atoms with Gasteiger partial charge in [0, 0.05) is 31.4 Å². The Morgan fingerprint density at radius 2 is 2.07 bits per heavy atom. The molecule has 162 valence electrons. The Hall–Kier alpha value is -3.13. The Labute approximate surface area is 178 Å². The summed E-state index contributed by atoms with van der Waals surface area (Å²) < 4.78 is 5.03. The van der Waals surface area contributed by atoms with Gasteiger partial charge in [-0.25, -0.2) is 4.98 Å². The van der Waals surface area contributed by atoms with E-state index in [2.05, 4.69) is 36.1 Å². The molecule has 0 amide bonds. The van der Waals surface area contributed by atoms with Crippen LogP contribution in [-0.4, -0.2) is 37.7 Å². The van der Waals surface area contributed by atoms with Gasteiger partial charge in [0.25, 0.3) is 0 Å². The number of methoxy groups -OCH3 is 1. The maximum absolute atomic E-state index is 6.14. The van der Waals surface area contributed by atoms with Crippen molar-refractivity contribution < 1.29 is 4.74 Å². The number of hydrogen-bond donors (Lipinski definition) is 4. The van der Waals surface area contributed by atoms with Gasteiger partial charge in [-0.05, 0) is 47.7 Å². The monoisotopic (exact) mass is 411 g/mol. The molecule has 2 heterocycles. The second-order valence-corrected chi connectivity index (χ2v) is 7.43. The van der Waals surface area contributed by atoms with Crippen LogP contribution in [0.4, 0.5) is 11.5 Å².